The summed E-state index contributed by atoms with van der Waals surface area (Å²) in [6.07, 6.45) is 0.801. The molecular weight excluding hydrogens is 184 g/mol. The van der Waals surface area contributed by atoms with Crippen molar-refractivity contribution in [1.82, 2.24) is 0 Å². The van der Waals surface area contributed by atoms with Gasteiger partial charge in [0.2, 0.25) is 0 Å². The summed E-state index contributed by atoms with van der Waals surface area (Å²) in [6, 6.07) is 7.93. The van der Waals surface area contributed by atoms with E-state index in [4.69, 9.17) is 5.26 Å². The first-order valence-corrected chi connectivity index (χ1v) is 4.92. The van der Waals surface area contributed by atoms with Gasteiger partial charge in [0.1, 0.15) is 6.07 Å². The minimum absolute atomic E-state index is 0.685. The maximum Gasteiger partial charge on any atom is 0.101 e. The molecule has 0 radical (unpaired) electrons. The molecule has 1 aromatic rings. The number of anilines is 1. The molecule has 0 aromatic heterocycles. The summed E-state index contributed by atoms with van der Waals surface area (Å²) in [7, 11) is 0. The Bertz CT molecular complexity index is 430. The zero-order valence-corrected chi connectivity index (χ0v) is 9.09. The quantitative estimate of drug-likeness (QED) is 0.598. The Hall–Kier alpha value is -1.93. The molecule has 0 unspecified atom stereocenters. The predicted octanol–water partition coefficient (Wildman–Crippen LogP) is 2.69. The van der Waals surface area contributed by atoms with Crippen molar-refractivity contribution in [3.63, 3.8) is 0 Å². The van der Waals surface area contributed by atoms with Crippen molar-refractivity contribution in [2.75, 3.05) is 11.9 Å². The third-order valence-corrected chi connectivity index (χ3v) is 2.04. The average Bonchev–Trinajstić information content (AvgIpc) is 2.25. The molecule has 0 atom stereocenters. The Morgan fingerprint density at radius 1 is 1.40 bits per heavy atom. The maximum atomic E-state index is 8.89. The van der Waals surface area contributed by atoms with Crippen LogP contribution in [-0.2, 0) is 0 Å². The molecule has 1 N–H and O–H groups in total. The highest BCUT2D eigenvalue weighted by atomic mass is 14.9. The lowest BCUT2D eigenvalue weighted by Crippen LogP contribution is -2.02. The third kappa shape index (κ3) is 3.37. The lowest BCUT2D eigenvalue weighted by Gasteiger charge is -2.07. The van der Waals surface area contributed by atoms with Gasteiger partial charge in [-0.2, -0.15) is 5.26 Å². The molecule has 0 bridgehead atoms. The predicted molar refractivity (Wildman–Crippen MR) is 62.5 cm³/mol. The fourth-order valence-corrected chi connectivity index (χ4v) is 1.29. The SMILES string of the molecule is CC#CCCNc1cc(C)ccc1C#N. The van der Waals surface area contributed by atoms with Crippen molar-refractivity contribution >= 4 is 5.69 Å². The molecule has 0 heterocycles. The van der Waals surface area contributed by atoms with E-state index in [2.05, 4.69) is 23.2 Å². The molecule has 1 rings (SSSR count). The van der Waals surface area contributed by atoms with E-state index in [1.165, 1.54) is 0 Å². The van der Waals surface area contributed by atoms with Gasteiger partial charge in [-0.15, -0.1) is 11.8 Å². The van der Waals surface area contributed by atoms with Gasteiger partial charge in [0.05, 0.1) is 11.3 Å². The van der Waals surface area contributed by atoms with E-state index >= 15 is 0 Å². The molecule has 76 valence electrons. The lowest BCUT2D eigenvalue weighted by atomic mass is 10.1. The van der Waals surface area contributed by atoms with E-state index in [1.807, 2.05) is 32.0 Å². The topological polar surface area (TPSA) is 35.8 Å². The highest BCUT2D eigenvalue weighted by Gasteiger charge is 2.00. The summed E-state index contributed by atoms with van der Waals surface area (Å²) in [4.78, 5) is 0. The molecule has 0 fully saturated rings. The van der Waals surface area contributed by atoms with Crippen molar-refractivity contribution in [2.45, 2.75) is 20.3 Å². The Morgan fingerprint density at radius 3 is 2.87 bits per heavy atom. The second-order valence-electron chi connectivity index (χ2n) is 3.26. The Kier molecular flexibility index (Phi) is 4.26. The van der Waals surface area contributed by atoms with Gasteiger partial charge in [0, 0.05) is 13.0 Å². The first-order valence-electron chi connectivity index (χ1n) is 4.92. The van der Waals surface area contributed by atoms with Gasteiger partial charge >= 0.3 is 0 Å². The van der Waals surface area contributed by atoms with Gasteiger partial charge in [-0.05, 0) is 31.5 Å². The van der Waals surface area contributed by atoms with Gasteiger partial charge in [0.15, 0.2) is 0 Å². The summed E-state index contributed by atoms with van der Waals surface area (Å²) in [5.74, 6) is 5.81. The minimum atomic E-state index is 0.685. The smallest absolute Gasteiger partial charge is 0.101 e. The van der Waals surface area contributed by atoms with Gasteiger partial charge in [0.25, 0.3) is 0 Å². The molecule has 0 saturated heterocycles. The van der Waals surface area contributed by atoms with Crippen LogP contribution in [0.15, 0.2) is 18.2 Å². The van der Waals surface area contributed by atoms with Gasteiger partial charge in [-0.1, -0.05) is 6.07 Å². The largest absolute Gasteiger partial charge is 0.383 e. The summed E-state index contributed by atoms with van der Waals surface area (Å²) < 4.78 is 0. The number of nitrogens with one attached hydrogen (secondary N) is 1. The van der Waals surface area contributed by atoms with E-state index in [1.54, 1.807) is 0 Å². The van der Waals surface area contributed by atoms with Crippen LogP contribution in [0.5, 0.6) is 0 Å². The molecule has 0 amide bonds. The van der Waals surface area contributed by atoms with Gasteiger partial charge in [-0.25, -0.2) is 0 Å². The van der Waals surface area contributed by atoms with Crippen LogP contribution in [0.2, 0.25) is 0 Å². The van der Waals surface area contributed by atoms with Crippen molar-refractivity contribution in [1.29, 1.82) is 5.26 Å². The van der Waals surface area contributed by atoms with Crippen LogP contribution in [0.25, 0.3) is 0 Å². The molecule has 0 aliphatic rings. The Labute approximate surface area is 90.9 Å². The number of benzene rings is 1. The van der Waals surface area contributed by atoms with Crippen molar-refractivity contribution in [2.24, 2.45) is 0 Å². The standard InChI is InChI=1S/C13H14N2/c1-3-4-5-8-15-13-9-11(2)6-7-12(13)10-14/h6-7,9,15H,5,8H2,1-2H3. The second-order valence-corrected chi connectivity index (χ2v) is 3.26. The molecule has 0 aliphatic heterocycles. The summed E-state index contributed by atoms with van der Waals surface area (Å²) >= 11 is 0. The number of nitriles is 1. The molecule has 1 aromatic carbocycles. The van der Waals surface area contributed by atoms with Crippen LogP contribution in [0.1, 0.15) is 24.5 Å². The number of hydrogen-bond acceptors (Lipinski definition) is 2. The van der Waals surface area contributed by atoms with Crippen LogP contribution in [0.4, 0.5) is 5.69 Å². The average molecular weight is 198 g/mol. The summed E-state index contributed by atoms with van der Waals surface area (Å²) in [5.41, 5.74) is 2.73. The number of nitrogens with zero attached hydrogens (tertiary/aromatic N) is 1. The molecule has 0 spiro atoms. The van der Waals surface area contributed by atoms with E-state index < -0.39 is 0 Å². The fraction of sp³-hybridized carbons (Fsp3) is 0.308. The van der Waals surface area contributed by atoms with E-state index in [0.29, 0.717) is 5.56 Å². The van der Waals surface area contributed by atoms with Gasteiger partial charge in [-0.3, -0.25) is 0 Å². The van der Waals surface area contributed by atoms with Gasteiger partial charge < -0.3 is 5.32 Å². The normalized spacial score (nSPS) is 8.60. The number of rotatable bonds is 3. The highest BCUT2D eigenvalue weighted by molar-refractivity contribution is 5.58. The molecule has 2 heteroatoms. The minimum Gasteiger partial charge on any atom is -0.383 e. The van der Waals surface area contributed by atoms with Crippen LogP contribution < -0.4 is 5.32 Å². The molecule has 15 heavy (non-hydrogen) atoms. The second kappa shape index (κ2) is 5.73. The molecule has 0 aliphatic carbocycles. The monoisotopic (exact) mass is 198 g/mol. The lowest BCUT2D eigenvalue weighted by molar-refractivity contribution is 1.09. The Balaban J connectivity index is 2.69. The maximum absolute atomic E-state index is 8.89. The van der Waals surface area contributed by atoms with Crippen LogP contribution in [-0.4, -0.2) is 6.54 Å². The molecule has 0 saturated carbocycles. The van der Waals surface area contributed by atoms with Crippen molar-refractivity contribution in [3.8, 4) is 17.9 Å². The van der Waals surface area contributed by atoms with Crippen molar-refractivity contribution in [3.05, 3.63) is 29.3 Å². The zero-order valence-electron chi connectivity index (χ0n) is 9.09. The first kappa shape index (κ1) is 11.1. The van der Waals surface area contributed by atoms with Crippen molar-refractivity contribution < 1.29 is 0 Å². The fourth-order valence-electron chi connectivity index (χ4n) is 1.29. The van der Waals surface area contributed by atoms with Crippen LogP contribution >= 0.6 is 0 Å². The van der Waals surface area contributed by atoms with Crippen LogP contribution in [0, 0.1) is 30.1 Å². The zero-order chi connectivity index (χ0) is 11.1. The van der Waals surface area contributed by atoms with E-state index in [-0.39, 0.29) is 0 Å². The third-order valence-electron chi connectivity index (χ3n) is 2.04. The highest BCUT2D eigenvalue weighted by Crippen LogP contribution is 2.16. The Morgan fingerprint density at radius 2 is 2.20 bits per heavy atom. The number of hydrogen-bond donors (Lipinski definition) is 1. The first-order chi connectivity index (χ1) is 7.27. The number of aryl methyl sites for hydroxylation is 1. The summed E-state index contributed by atoms with van der Waals surface area (Å²) in [5, 5.41) is 12.1. The molecular formula is C13H14N2. The van der Waals surface area contributed by atoms with Crippen LogP contribution in [0.3, 0.4) is 0 Å². The van der Waals surface area contributed by atoms with E-state index in [0.717, 1.165) is 24.2 Å². The summed E-state index contributed by atoms with van der Waals surface area (Å²) in [6.45, 7) is 4.62. The molecule has 2 nitrogen and oxygen atoms in total. The van der Waals surface area contributed by atoms with E-state index in [9.17, 15) is 0 Å².